The minimum Gasteiger partial charge on any atom is -0.351 e. The van der Waals surface area contributed by atoms with Crippen molar-refractivity contribution in [2.75, 3.05) is 6.54 Å². The number of aromatic nitrogens is 1. The van der Waals surface area contributed by atoms with Gasteiger partial charge in [-0.2, -0.15) is 4.31 Å². The molecule has 7 heteroatoms. The number of hydrogen-bond donors (Lipinski definition) is 1. The summed E-state index contributed by atoms with van der Waals surface area (Å²) >= 11 is 0. The van der Waals surface area contributed by atoms with Gasteiger partial charge in [-0.25, -0.2) is 8.42 Å². The zero-order chi connectivity index (χ0) is 17.9. The van der Waals surface area contributed by atoms with E-state index in [4.69, 9.17) is 0 Å². The van der Waals surface area contributed by atoms with Gasteiger partial charge in [0.05, 0.1) is 6.54 Å². The Labute approximate surface area is 147 Å². The first-order valence-electron chi connectivity index (χ1n) is 8.21. The summed E-state index contributed by atoms with van der Waals surface area (Å²) in [6, 6.07) is 10.8. The molecule has 25 heavy (non-hydrogen) atoms. The number of rotatable bonds is 7. The third kappa shape index (κ3) is 4.43. The largest absolute Gasteiger partial charge is 0.351 e. The molecule has 3 rings (SSSR count). The van der Waals surface area contributed by atoms with Crippen LogP contribution in [-0.4, -0.2) is 36.2 Å². The molecule has 1 aromatic heterocycles. The predicted molar refractivity (Wildman–Crippen MR) is 94.2 cm³/mol. The summed E-state index contributed by atoms with van der Waals surface area (Å²) in [6.45, 7) is 2.21. The summed E-state index contributed by atoms with van der Waals surface area (Å²) < 4.78 is 26.8. The molecule has 0 radical (unpaired) electrons. The molecule has 1 amide bonds. The number of hydrogen-bond acceptors (Lipinski definition) is 4. The van der Waals surface area contributed by atoms with Crippen LogP contribution in [0.2, 0.25) is 0 Å². The van der Waals surface area contributed by atoms with Crippen molar-refractivity contribution in [3.8, 4) is 0 Å². The first-order chi connectivity index (χ1) is 12.0. The van der Waals surface area contributed by atoms with E-state index in [0.29, 0.717) is 6.54 Å². The smallest absolute Gasteiger partial charge is 0.245 e. The third-order valence-corrected chi connectivity index (χ3v) is 5.99. The molecular formula is C18H21N3O3S. The molecule has 1 heterocycles. The average Bonchev–Trinajstić information content (AvgIpc) is 3.44. The van der Waals surface area contributed by atoms with Crippen LogP contribution >= 0.6 is 0 Å². The highest BCUT2D eigenvalue weighted by atomic mass is 32.2. The molecule has 1 aliphatic carbocycles. The normalized spacial score (nSPS) is 14.5. The standard InChI is InChI=1S/C18H21N3O3S/c1-14-4-6-15(7-5-14)11-20-18(22)13-21(16-8-9-16)25(23,24)17-3-2-10-19-12-17/h2-7,10,12,16H,8-9,11,13H2,1H3,(H,20,22). The van der Waals surface area contributed by atoms with E-state index in [1.165, 1.54) is 22.8 Å². The minimum absolute atomic E-state index is 0.102. The zero-order valence-electron chi connectivity index (χ0n) is 14.1. The maximum absolute atomic E-state index is 12.8. The van der Waals surface area contributed by atoms with Gasteiger partial charge in [0.15, 0.2) is 0 Å². The number of nitrogens with one attached hydrogen (secondary N) is 1. The van der Waals surface area contributed by atoms with Gasteiger partial charge < -0.3 is 5.32 Å². The molecule has 0 saturated heterocycles. The van der Waals surface area contributed by atoms with E-state index >= 15 is 0 Å². The van der Waals surface area contributed by atoms with Crippen molar-refractivity contribution in [2.24, 2.45) is 0 Å². The summed E-state index contributed by atoms with van der Waals surface area (Å²) in [5.41, 5.74) is 2.13. The van der Waals surface area contributed by atoms with Crippen LogP contribution in [-0.2, 0) is 21.4 Å². The van der Waals surface area contributed by atoms with Crippen molar-refractivity contribution in [3.63, 3.8) is 0 Å². The Morgan fingerprint density at radius 2 is 1.96 bits per heavy atom. The molecule has 0 aliphatic heterocycles. The molecule has 0 bridgehead atoms. The van der Waals surface area contributed by atoms with E-state index < -0.39 is 10.0 Å². The van der Waals surface area contributed by atoms with Crippen LogP contribution in [0, 0.1) is 6.92 Å². The molecule has 0 unspecified atom stereocenters. The number of aryl methyl sites for hydroxylation is 1. The Bertz CT molecular complexity index is 832. The summed E-state index contributed by atoms with van der Waals surface area (Å²) in [5, 5.41) is 2.79. The lowest BCUT2D eigenvalue weighted by molar-refractivity contribution is -0.121. The van der Waals surface area contributed by atoms with E-state index in [9.17, 15) is 13.2 Å². The molecule has 0 spiro atoms. The Balaban J connectivity index is 1.66. The second-order valence-electron chi connectivity index (χ2n) is 6.23. The van der Waals surface area contributed by atoms with Crippen LogP contribution in [0.15, 0.2) is 53.7 Å². The van der Waals surface area contributed by atoms with Crippen LogP contribution in [0.5, 0.6) is 0 Å². The van der Waals surface area contributed by atoms with Gasteiger partial charge in [0.2, 0.25) is 15.9 Å². The summed E-state index contributed by atoms with van der Waals surface area (Å²) in [6.07, 6.45) is 4.40. The molecule has 1 N–H and O–H groups in total. The molecule has 1 fully saturated rings. The van der Waals surface area contributed by atoms with Gasteiger partial charge >= 0.3 is 0 Å². The number of sulfonamides is 1. The first-order valence-corrected chi connectivity index (χ1v) is 9.65. The van der Waals surface area contributed by atoms with Crippen molar-refractivity contribution < 1.29 is 13.2 Å². The van der Waals surface area contributed by atoms with E-state index in [-0.39, 0.29) is 23.4 Å². The van der Waals surface area contributed by atoms with Gasteiger partial charge in [-0.1, -0.05) is 29.8 Å². The highest BCUT2D eigenvalue weighted by Gasteiger charge is 2.39. The maximum Gasteiger partial charge on any atom is 0.245 e. The minimum atomic E-state index is -3.71. The third-order valence-electron chi connectivity index (χ3n) is 4.10. The Kier molecular flexibility index (Phi) is 5.15. The topological polar surface area (TPSA) is 79.4 Å². The van der Waals surface area contributed by atoms with E-state index in [0.717, 1.165) is 24.0 Å². The van der Waals surface area contributed by atoms with Crippen molar-refractivity contribution in [1.29, 1.82) is 0 Å². The fourth-order valence-electron chi connectivity index (χ4n) is 2.51. The number of amides is 1. The van der Waals surface area contributed by atoms with Crippen LogP contribution in [0.3, 0.4) is 0 Å². The average molecular weight is 359 g/mol. The van der Waals surface area contributed by atoms with Crippen LogP contribution in [0.1, 0.15) is 24.0 Å². The zero-order valence-corrected chi connectivity index (χ0v) is 14.9. The lowest BCUT2D eigenvalue weighted by Gasteiger charge is -2.21. The lowest BCUT2D eigenvalue weighted by Crippen LogP contribution is -2.41. The van der Waals surface area contributed by atoms with Crippen LogP contribution in [0.4, 0.5) is 0 Å². The molecule has 132 valence electrons. The molecule has 1 saturated carbocycles. The van der Waals surface area contributed by atoms with Crippen LogP contribution < -0.4 is 5.32 Å². The maximum atomic E-state index is 12.8. The highest BCUT2D eigenvalue weighted by Crippen LogP contribution is 2.31. The summed E-state index contributed by atoms with van der Waals surface area (Å²) in [5.74, 6) is -0.306. The predicted octanol–water partition coefficient (Wildman–Crippen LogP) is 1.86. The van der Waals surface area contributed by atoms with E-state index in [1.807, 2.05) is 31.2 Å². The number of benzene rings is 1. The van der Waals surface area contributed by atoms with Crippen molar-refractivity contribution >= 4 is 15.9 Å². The lowest BCUT2D eigenvalue weighted by atomic mass is 10.1. The number of carbonyl (C=O) groups excluding carboxylic acids is 1. The monoisotopic (exact) mass is 359 g/mol. The Morgan fingerprint density at radius 1 is 1.24 bits per heavy atom. The number of carbonyl (C=O) groups is 1. The first kappa shape index (κ1) is 17.6. The number of nitrogens with zero attached hydrogens (tertiary/aromatic N) is 2. The highest BCUT2D eigenvalue weighted by molar-refractivity contribution is 7.89. The fraction of sp³-hybridized carbons (Fsp3) is 0.333. The van der Waals surface area contributed by atoms with Gasteiger partial charge in [0.25, 0.3) is 0 Å². The van der Waals surface area contributed by atoms with Crippen molar-refractivity contribution in [3.05, 3.63) is 59.9 Å². The molecular weight excluding hydrogens is 338 g/mol. The SMILES string of the molecule is Cc1ccc(CNC(=O)CN(C2CC2)S(=O)(=O)c2cccnc2)cc1. The number of pyridine rings is 1. The fourth-order valence-corrected chi connectivity index (χ4v) is 4.12. The molecule has 1 aromatic carbocycles. The van der Waals surface area contributed by atoms with Crippen LogP contribution in [0.25, 0.3) is 0 Å². The summed E-state index contributed by atoms with van der Waals surface area (Å²) in [4.78, 5) is 16.3. The second kappa shape index (κ2) is 7.33. The molecule has 0 atom stereocenters. The second-order valence-corrected chi connectivity index (χ2v) is 8.12. The Hall–Kier alpha value is -2.25. The van der Waals surface area contributed by atoms with Crippen molar-refractivity contribution in [2.45, 2.75) is 37.2 Å². The van der Waals surface area contributed by atoms with Gasteiger partial charge in [-0.05, 0) is 37.5 Å². The van der Waals surface area contributed by atoms with Gasteiger partial charge in [0.1, 0.15) is 4.90 Å². The molecule has 6 nitrogen and oxygen atoms in total. The van der Waals surface area contributed by atoms with Gasteiger partial charge in [-0.15, -0.1) is 0 Å². The Morgan fingerprint density at radius 3 is 2.56 bits per heavy atom. The van der Waals surface area contributed by atoms with Crippen molar-refractivity contribution in [1.82, 2.24) is 14.6 Å². The van der Waals surface area contributed by atoms with E-state index in [2.05, 4.69) is 10.3 Å². The van der Waals surface area contributed by atoms with E-state index in [1.54, 1.807) is 6.07 Å². The van der Waals surface area contributed by atoms with Gasteiger partial charge in [-0.3, -0.25) is 9.78 Å². The van der Waals surface area contributed by atoms with Gasteiger partial charge in [0, 0.05) is 25.0 Å². The molecule has 1 aliphatic rings. The quantitative estimate of drug-likeness (QED) is 0.818. The molecule has 2 aromatic rings. The summed E-state index contributed by atoms with van der Waals surface area (Å²) in [7, 11) is -3.71.